The molecule has 1 fully saturated rings. The monoisotopic (exact) mass is 289 g/mol. The van der Waals surface area contributed by atoms with Crippen LogP contribution in [-0.4, -0.2) is 35.4 Å². The number of thiazole rings is 1. The van der Waals surface area contributed by atoms with Crippen LogP contribution in [0.4, 0.5) is 0 Å². The fourth-order valence-corrected chi connectivity index (χ4v) is 3.45. The molecule has 1 N–H and O–H groups in total. The van der Waals surface area contributed by atoms with E-state index in [2.05, 4.69) is 16.4 Å². The fraction of sp³-hybridized carbons (Fsp3) is 0.467. The number of carbonyl (C=O) groups excluding carboxylic acids is 1. The summed E-state index contributed by atoms with van der Waals surface area (Å²) in [7, 11) is 0. The number of amides is 1. The van der Waals surface area contributed by atoms with Gasteiger partial charge in [0, 0.05) is 32.6 Å². The predicted molar refractivity (Wildman–Crippen MR) is 81.8 cm³/mol. The quantitative estimate of drug-likeness (QED) is 0.860. The van der Waals surface area contributed by atoms with Gasteiger partial charge in [-0.05, 0) is 25.0 Å². The molecule has 3 rings (SSSR count). The van der Waals surface area contributed by atoms with Gasteiger partial charge in [0.1, 0.15) is 5.01 Å². The highest BCUT2D eigenvalue weighted by atomic mass is 32.1. The number of aromatic nitrogens is 1. The summed E-state index contributed by atoms with van der Waals surface area (Å²) >= 11 is 1.71. The van der Waals surface area contributed by atoms with E-state index < -0.39 is 0 Å². The van der Waals surface area contributed by atoms with Crippen molar-refractivity contribution in [3.8, 4) is 0 Å². The number of hydrogen-bond donors (Lipinski definition) is 1. The van der Waals surface area contributed by atoms with Crippen molar-refractivity contribution in [3.63, 3.8) is 0 Å². The lowest BCUT2D eigenvalue weighted by atomic mass is 10.3. The molecule has 0 atom stereocenters. The molecule has 0 radical (unpaired) electrons. The van der Waals surface area contributed by atoms with Crippen molar-refractivity contribution in [1.29, 1.82) is 0 Å². The second-order valence-electron chi connectivity index (χ2n) is 5.09. The maximum absolute atomic E-state index is 11.9. The van der Waals surface area contributed by atoms with E-state index in [0.717, 1.165) is 49.5 Å². The minimum absolute atomic E-state index is 0.277. The van der Waals surface area contributed by atoms with Crippen molar-refractivity contribution in [2.24, 2.45) is 0 Å². The Hall–Kier alpha value is -1.46. The SMILES string of the molecule is O=C(CCNCc1nc2ccccc2s1)N1CCCC1. The molecular formula is C15H19N3OS. The van der Waals surface area contributed by atoms with Crippen molar-refractivity contribution in [2.75, 3.05) is 19.6 Å². The Morgan fingerprint density at radius 1 is 1.30 bits per heavy atom. The second-order valence-corrected chi connectivity index (χ2v) is 6.21. The molecule has 0 bridgehead atoms. The molecule has 1 amide bonds. The minimum Gasteiger partial charge on any atom is -0.343 e. The van der Waals surface area contributed by atoms with Gasteiger partial charge in [0.25, 0.3) is 0 Å². The molecule has 20 heavy (non-hydrogen) atoms. The summed E-state index contributed by atoms with van der Waals surface area (Å²) < 4.78 is 1.22. The average molecular weight is 289 g/mol. The predicted octanol–water partition coefficient (Wildman–Crippen LogP) is 2.40. The van der Waals surface area contributed by atoms with Crippen LogP contribution in [0, 0.1) is 0 Å². The van der Waals surface area contributed by atoms with Crippen molar-refractivity contribution in [3.05, 3.63) is 29.3 Å². The molecule has 4 nitrogen and oxygen atoms in total. The zero-order chi connectivity index (χ0) is 13.8. The maximum Gasteiger partial charge on any atom is 0.223 e. The number of hydrogen-bond acceptors (Lipinski definition) is 4. The second kappa shape index (κ2) is 6.33. The minimum atomic E-state index is 0.277. The van der Waals surface area contributed by atoms with Gasteiger partial charge < -0.3 is 10.2 Å². The van der Waals surface area contributed by atoms with Crippen LogP contribution < -0.4 is 5.32 Å². The Labute approximate surface area is 122 Å². The van der Waals surface area contributed by atoms with Gasteiger partial charge in [0.05, 0.1) is 10.2 Å². The van der Waals surface area contributed by atoms with Gasteiger partial charge in [-0.25, -0.2) is 4.98 Å². The van der Waals surface area contributed by atoms with Crippen LogP contribution >= 0.6 is 11.3 Å². The number of carbonyl (C=O) groups is 1. The number of likely N-dealkylation sites (tertiary alicyclic amines) is 1. The zero-order valence-corrected chi connectivity index (χ0v) is 12.3. The van der Waals surface area contributed by atoms with Crippen LogP contribution in [0.15, 0.2) is 24.3 Å². The van der Waals surface area contributed by atoms with Gasteiger partial charge in [-0.2, -0.15) is 0 Å². The number of fused-ring (bicyclic) bond motifs is 1. The van der Waals surface area contributed by atoms with Crippen LogP contribution in [-0.2, 0) is 11.3 Å². The molecule has 1 saturated heterocycles. The molecule has 0 saturated carbocycles. The molecule has 0 spiro atoms. The first kappa shape index (κ1) is 13.5. The third-order valence-electron chi connectivity index (χ3n) is 3.59. The van der Waals surface area contributed by atoms with Gasteiger partial charge in [-0.1, -0.05) is 12.1 Å². The Bertz CT molecular complexity index is 557. The summed E-state index contributed by atoms with van der Waals surface area (Å²) in [6.45, 7) is 3.35. The molecule has 5 heteroatoms. The summed E-state index contributed by atoms with van der Waals surface area (Å²) in [4.78, 5) is 18.4. The summed E-state index contributed by atoms with van der Waals surface area (Å²) in [5.74, 6) is 0.277. The lowest BCUT2D eigenvalue weighted by Gasteiger charge is -2.14. The molecular weight excluding hydrogens is 270 g/mol. The molecule has 2 heterocycles. The maximum atomic E-state index is 11.9. The first-order chi connectivity index (χ1) is 9.83. The summed E-state index contributed by atoms with van der Waals surface area (Å²) in [6, 6.07) is 8.17. The largest absolute Gasteiger partial charge is 0.343 e. The van der Waals surface area contributed by atoms with Gasteiger partial charge in [0.2, 0.25) is 5.91 Å². The van der Waals surface area contributed by atoms with Gasteiger partial charge in [-0.3, -0.25) is 4.79 Å². The van der Waals surface area contributed by atoms with Gasteiger partial charge in [-0.15, -0.1) is 11.3 Å². The zero-order valence-electron chi connectivity index (χ0n) is 11.5. The summed E-state index contributed by atoms with van der Waals surface area (Å²) in [5.41, 5.74) is 1.06. The summed E-state index contributed by atoms with van der Waals surface area (Å²) in [5, 5.41) is 4.40. The molecule has 1 aromatic carbocycles. The standard InChI is InChI=1S/C15H19N3OS/c19-15(18-9-3-4-10-18)7-8-16-11-14-17-12-5-1-2-6-13(12)20-14/h1-2,5-6,16H,3-4,7-11H2. The van der Waals surface area contributed by atoms with Crippen molar-refractivity contribution in [2.45, 2.75) is 25.8 Å². The van der Waals surface area contributed by atoms with Crippen LogP contribution in [0.25, 0.3) is 10.2 Å². The number of nitrogens with zero attached hydrogens (tertiary/aromatic N) is 2. The van der Waals surface area contributed by atoms with Crippen molar-refractivity contribution < 1.29 is 4.79 Å². The average Bonchev–Trinajstić information content (AvgIpc) is 3.11. The molecule has 2 aromatic rings. The van der Waals surface area contributed by atoms with E-state index in [4.69, 9.17) is 0 Å². The van der Waals surface area contributed by atoms with E-state index in [1.165, 1.54) is 4.70 Å². The highest BCUT2D eigenvalue weighted by molar-refractivity contribution is 7.18. The topological polar surface area (TPSA) is 45.2 Å². The van der Waals surface area contributed by atoms with Crippen LogP contribution in [0.3, 0.4) is 0 Å². The van der Waals surface area contributed by atoms with Crippen LogP contribution in [0.5, 0.6) is 0 Å². The molecule has 0 aliphatic carbocycles. The Morgan fingerprint density at radius 3 is 2.90 bits per heavy atom. The van der Waals surface area contributed by atoms with E-state index in [9.17, 15) is 4.79 Å². The van der Waals surface area contributed by atoms with Crippen molar-refractivity contribution in [1.82, 2.24) is 15.2 Å². The highest BCUT2D eigenvalue weighted by Crippen LogP contribution is 2.21. The third kappa shape index (κ3) is 3.16. The lowest BCUT2D eigenvalue weighted by molar-refractivity contribution is -0.130. The lowest BCUT2D eigenvalue weighted by Crippen LogP contribution is -2.30. The summed E-state index contributed by atoms with van der Waals surface area (Å²) in [6.07, 6.45) is 2.90. The number of para-hydroxylation sites is 1. The van der Waals surface area contributed by atoms with E-state index >= 15 is 0 Å². The normalized spacial score (nSPS) is 15.1. The van der Waals surface area contributed by atoms with Gasteiger partial charge >= 0.3 is 0 Å². The van der Waals surface area contributed by atoms with Gasteiger partial charge in [0.15, 0.2) is 0 Å². The molecule has 106 valence electrons. The van der Waals surface area contributed by atoms with E-state index in [1.54, 1.807) is 11.3 Å². The fourth-order valence-electron chi connectivity index (χ4n) is 2.51. The Morgan fingerprint density at radius 2 is 2.10 bits per heavy atom. The Kier molecular flexibility index (Phi) is 4.28. The van der Waals surface area contributed by atoms with E-state index in [-0.39, 0.29) is 5.91 Å². The van der Waals surface area contributed by atoms with Crippen LogP contribution in [0.2, 0.25) is 0 Å². The van der Waals surface area contributed by atoms with Crippen LogP contribution in [0.1, 0.15) is 24.3 Å². The molecule has 1 aromatic heterocycles. The number of nitrogens with one attached hydrogen (secondary N) is 1. The molecule has 0 unspecified atom stereocenters. The number of rotatable bonds is 5. The highest BCUT2D eigenvalue weighted by Gasteiger charge is 2.16. The van der Waals surface area contributed by atoms with E-state index in [0.29, 0.717) is 6.42 Å². The molecule has 1 aliphatic rings. The Balaban J connectivity index is 1.44. The third-order valence-corrected chi connectivity index (χ3v) is 4.63. The van der Waals surface area contributed by atoms with E-state index in [1.807, 2.05) is 23.1 Å². The molecule has 1 aliphatic heterocycles. The smallest absolute Gasteiger partial charge is 0.223 e. The first-order valence-electron chi connectivity index (χ1n) is 7.16. The first-order valence-corrected chi connectivity index (χ1v) is 7.97. The number of benzene rings is 1. The van der Waals surface area contributed by atoms with Crippen molar-refractivity contribution >= 4 is 27.5 Å².